The molecule has 1 atom stereocenters. The van der Waals surface area contributed by atoms with Crippen LogP contribution in [0.4, 0.5) is 10.5 Å². The van der Waals surface area contributed by atoms with Crippen LogP contribution >= 0.6 is 0 Å². The summed E-state index contributed by atoms with van der Waals surface area (Å²) >= 11 is 0. The number of fused-ring (bicyclic) bond motifs is 1. The second-order valence-electron chi connectivity index (χ2n) is 7.27. The Morgan fingerprint density at radius 2 is 1.83 bits per heavy atom. The van der Waals surface area contributed by atoms with Gasteiger partial charge in [-0.15, -0.1) is 0 Å². The molecule has 2 fully saturated rings. The van der Waals surface area contributed by atoms with E-state index in [2.05, 4.69) is 4.98 Å². The minimum absolute atomic E-state index is 0.0300. The molecule has 1 aromatic heterocycles. The number of piperazine rings is 1. The van der Waals surface area contributed by atoms with Crippen molar-refractivity contribution in [2.24, 2.45) is 5.92 Å². The van der Waals surface area contributed by atoms with Gasteiger partial charge in [0, 0.05) is 50.7 Å². The van der Waals surface area contributed by atoms with Crippen LogP contribution in [0.1, 0.15) is 13.3 Å². The van der Waals surface area contributed by atoms with Crippen LogP contribution in [0.3, 0.4) is 0 Å². The quantitative estimate of drug-likeness (QED) is 0.791. The fourth-order valence-corrected chi connectivity index (χ4v) is 3.99. The molecule has 3 heterocycles. The van der Waals surface area contributed by atoms with E-state index in [1.54, 1.807) is 27.8 Å². The summed E-state index contributed by atoms with van der Waals surface area (Å²) in [5, 5.41) is 0.961. The molecule has 2 saturated heterocycles. The molecule has 2 aliphatic rings. The number of pyridine rings is 1. The third kappa shape index (κ3) is 3.74. The first-order valence-corrected chi connectivity index (χ1v) is 9.93. The molecule has 0 bridgehead atoms. The zero-order valence-electron chi connectivity index (χ0n) is 16.4. The van der Waals surface area contributed by atoms with Gasteiger partial charge in [0.2, 0.25) is 11.8 Å². The highest BCUT2D eigenvalue weighted by Gasteiger charge is 2.38. The molecule has 8 nitrogen and oxygen atoms in total. The van der Waals surface area contributed by atoms with Crippen molar-refractivity contribution in [3.8, 4) is 0 Å². The summed E-state index contributed by atoms with van der Waals surface area (Å²) in [6, 6.07) is 9.55. The Morgan fingerprint density at radius 1 is 1.10 bits per heavy atom. The maximum Gasteiger partial charge on any atom is 0.409 e. The van der Waals surface area contributed by atoms with E-state index < -0.39 is 0 Å². The summed E-state index contributed by atoms with van der Waals surface area (Å²) < 4.78 is 5.02. The number of hydrogen-bond acceptors (Lipinski definition) is 5. The second kappa shape index (κ2) is 8.06. The van der Waals surface area contributed by atoms with E-state index in [4.69, 9.17) is 4.74 Å². The average Bonchev–Trinajstić information content (AvgIpc) is 3.14. The topological polar surface area (TPSA) is 83.0 Å². The number of rotatable bonds is 3. The SMILES string of the molecule is CCOC(=O)N1CCN(C(=O)C2CC(=O)N(c3cccc4cccnc34)C2)CC1. The highest BCUT2D eigenvalue weighted by atomic mass is 16.6. The number of nitrogens with zero attached hydrogens (tertiary/aromatic N) is 4. The van der Waals surface area contributed by atoms with E-state index in [1.165, 1.54) is 0 Å². The molecule has 0 spiro atoms. The van der Waals surface area contributed by atoms with Gasteiger partial charge in [0.05, 0.1) is 23.7 Å². The average molecular weight is 396 g/mol. The van der Waals surface area contributed by atoms with Crippen molar-refractivity contribution in [1.82, 2.24) is 14.8 Å². The zero-order valence-corrected chi connectivity index (χ0v) is 16.4. The van der Waals surface area contributed by atoms with E-state index in [9.17, 15) is 14.4 Å². The van der Waals surface area contributed by atoms with Crippen molar-refractivity contribution < 1.29 is 19.1 Å². The number of anilines is 1. The normalized spacial score (nSPS) is 19.7. The van der Waals surface area contributed by atoms with Gasteiger partial charge in [-0.2, -0.15) is 0 Å². The lowest BCUT2D eigenvalue weighted by molar-refractivity contribution is -0.137. The summed E-state index contributed by atoms with van der Waals surface area (Å²) in [5.74, 6) is -0.472. The second-order valence-corrected chi connectivity index (χ2v) is 7.27. The third-order valence-electron chi connectivity index (χ3n) is 5.49. The molecule has 1 unspecified atom stereocenters. The maximum atomic E-state index is 13.0. The van der Waals surface area contributed by atoms with Crippen molar-refractivity contribution in [1.29, 1.82) is 0 Å². The molecule has 2 aromatic rings. The van der Waals surface area contributed by atoms with Gasteiger partial charge in [0.1, 0.15) is 0 Å². The first kappa shape index (κ1) is 19.2. The van der Waals surface area contributed by atoms with E-state index in [-0.39, 0.29) is 30.2 Å². The molecular weight excluding hydrogens is 372 g/mol. The molecule has 3 amide bonds. The molecule has 152 valence electrons. The van der Waals surface area contributed by atoms with Gasteiger partial charge in [-0.1, -0.05) is 18.2 Å². The molecule has 4 rings (SSSR count). The molecular formula is C21H24N4O4. The van der Waals surface area contributed by atoms with Gasteiger partial charge in [-0.3, -0.25) is 14.6 Å². The monoisotopic (exact) mass is 396 g/mol. The summed E-state index contributed by atoms with van der Waals surface area (Å²) in [5.41, 5.74) is 1.51. The predicted octanol–water partition coefficient (Wildman–Crippen LogP) is 1.89. The molecule has 0 saturated carbocycles. The first-order valence-electron chi connectivity index (χ1n) is 9.93. The number of ether oxygens (including phenoxy) is 1. The van der Waals surface area contributed by atoms with E-state index in [0.29, 0.717) is 39.3 Å². The van der Waals surface area contributed by atoms with Crippen LogP contribution in [0, 0.1) is 5.92 Å². The number of carbonyl (C=O) groups is 3. The largest absolute Gasteiger partial charge is 0.450 e. The van der Waals surface area contributed by atoms with E-state index >= 15 is 0 Å². The smallest absolute Gasteiger partial charge is 0.409 e. The van der Waals surface area contributed by atoms with Crippen molar-refractivity contribution >= 4 is 34.5 Å². The number of benzene rings is 1. The van der Waals surface area contributed by atoms with Gasteiger partial charge in [0.15, 0.2) is 0 Å². The highest BCUT2D eigenvalue weighted by Crippen LogP contribution is 2.31. The summed E-state index contributed by atoms with van der Waals surface area (Å²) in [6.07, 6.45) is 1.56. The molecule has 2 aliphatic heterocycles. The fourth-order valence-electron chi connectivity index (χ4n) is 3.99. The Balaban J connectivity index is 1.43. The Hall–Kier alpha value is -3.16. The summed E-state index contributed by atoms with van der Waals surface area (Å²) in [6.45, 7) is 4.26. The van der Waals surface area contributed by atoms with Gasteiger partial charge >= 0.3 is 6.09 Å². The third-order valence-corrected chi connectivity index (χ3v) is 5.49. The van der Waals surface area contributed by atoms with Gasteiger partial charge in [-0.25, -0.2) is 4.79 Å². The van der Waals surface area contributed by atoms with Crippen LogP contribution < -0.4 is 4.90 Å². The highest BCUT2D eigenvalue weighted by molar-refractivity contribution is 6.05. The summed E-state index contributed by atoms with van der Waals surface area (Å²) in [7, 11) is 0. The maximum absolute atomic E-state index is 13.0. The van der Waals surface area contributed by atoms with Crippen molar-refractivity contribution in [3.63, 3.8) is 0 Å². The van der Waals surface area contributed by atoms with Crippen molar-refractivity contribution in [2.45, 2.75) is 13.3 Å². The Bertz CT molecular complexity index is 934. The molecule has 0 N–H and O–H groups in total. The Kier molecular flexibility index (Phi) is 5.33. The fraction of sp³-hybridized carbons (Fsp3) is 0.429. The van der Waals surface area contributed by atoms with Crippen LogP contribution in [-0.4, -0.2) is 72.0 Å². The van der Waals surface area contributed by atoms with Crippen LogP contribution in [-0.2, 0) is 14.3 Å². The first-order chi connectivity index (χ1) is 14.1. The van der Waals surface area contributed by atoms with Gasteiger partial charge in [-0.05, 0) is 19.1 Å². The van der Waals surface area contributed by atoms with Gasteiger partial charge in [0.25, 0.3) is 0 Å². The molecule has 29 heavy (non-hydrogen) atoms. The van der Waals surface area contributed by atoms with Gasteiger partial charge < -0.3 is 19.4 Å². The van der Waals surface area contributed by atoms with Crippen LogP contribution in [0.15, 0.2) is 36.5 Å². The lowest BCUT2D eigenvalue weighted by Crippen LogP contribution is -2.52. The summed E-state index contributed by atoms with van der Waals surface area (Å²) in [4.78, 5) is 47.0. The predicted molar refractivity (Wildman–Crippen MR) is 107 cm³/mol. The molecule has 0 aliphatic carbocycles. The Labute approximate surface area is 169 Å². The molecule has 8 heteroatoms. The zero-order chi connectivity index (χ0) is 20.4. The number of para-hydroxylation sites is 1. The number of aromatic nitrogens is 1. The van der Waals surface area contributed by atoms with E-state index in [0.717, 1.165) is 16.6 Å². The minimum atomic E-state index is -0.379. The van der Waals surface area contributed by atoms with Crippen LogP contribution in [0.5, 0.6) is 0 Å². The number of hydrogen-bond donors (Lipinski definition) is 0. The molecule has 1 aromatic carbocycles. The van der Waals surface area contributed by atoms with E-state index in [1.807, 2.05) is 30.3 Å². The molecule has 0 radical (unpaired) electrons. The van der Waals surface area contributed by atoms with Crippen molar-refractivity contribution in [3.05, 3.63) is 36.5 Å². The van der Waals surface area contributed by atoms with Crippen LogP contribution in [0.25, 0.3) is 10.9 Å². The standard InChI is InChI=1S/C21H24N4O4/c1-2-29-21(28)24-11-9-23(10-12-24)20(27)16-13-18(26)25(14-16)17-7-3-5-15-6-4-8-22-19(15)17/h3-8,16H,2,9-14H2,1H3. The number of amides is 3. The minimum Gasteiger partial charge on any atom is -0.450 e. The van der Waals surface area contributed by atoms with Crippen LogP contribution in [0.2, 0.25) is 0 Å². The lowest BCUT2D eigenvalue weighted by Gasteiger charge is -2.35. The lowest BCUT2D eigenvalue weighted by atomic mass is 10.1. The van der Waals surface area contributed by atoms with Crippen molar-refractivity contribution in [2.75, 3.05) is 44.2 Å². The number of carbonyl (C=O) groups excluding carboxylic acids is 3. The Morgan fingerprint density at radius 3 is 2.59 bits per heavy atom.